The summed E-state index contributed by atoms with van der Waals surface area (Å²) in [7, 11) is 0. The maximum Gasteiger partial charge on any atom is 0.123 e. The minimum atomic E-state index is -0.243. The summed E-state index contributed by atoms with van der Waals surface area (Å²) in [5.41, 5.74) is 7.57. The summed E-state index contributed by atoms with van der Waals surface area (Å²) in [4.78, 5) is 5.60. The highest BCUT2D eigenvalue weighted by Gasteiger charge is 2.15. The molecule has 5 aromatic rings. The van der Waals surface area contributed by atoms with E-state index in [-0.39, 0.29) is 5.82 Å². The van der Waals surface area contributed by atoms with Gasteiger partial charge in [-0.2, -0.15) is 0 Å². The molecular formula is C32H23FN2S. The summed E-state index contributed by atoms with van der Waals surface area (Å²) in [6.07, 6.45) is 2.12. The first-order valence-electron chi connectivity index (χ1n) is 11.8. The van der Waals surface area contributed by atoms with E-state index in [1.165, 1.54) is 22.7 Å². The molecule has 0 radical (unpaired) electrons. The van der Waals surface area contributed by atoms with Gasteiger partial charge in [0.05, 0.1) is 5.69 Å². The smallest absolute Gasteiger partial charge is 0.123 e. The van der Waals surface area contributed by atoms with Gasteiger partial charge in [0, 0.05) is 33.8 Å². The number of nitrogens with zero attached hydrogens (tertiary/aromatic N) is 2. The molecule has 0 fully saturated rings. The van der Waals surface area contributed by atoms with Crippen LogP contribution in [0.15, 0.2) is 144 Å². The molecule has 0 amide bonds. The van der Waals surface area contributed by atoms with Gasteiger partial charge in [-0.15, -0.1) is 0 Å². The van der Waals surface area contributed by atoms with Gasteiger partial charge in [-0.1, -0.05) is 66.4 Å². The van der Waals surface area contributed by atoms with E-state index in [1.54, 1.807) is 23.9 Å². The van der Waals surface area contributed by atoms with Crippen LogP contribution in [0.3, 0.4) is 0 Å². The number of thioether (sulfide) groups is 1. The normalized spacial score (nSPS) is 12.3. The van der Waals surface area contributed by atoms with Crippen LogP contribution in [0, 0.1) is 5.82 Å². The molecule has 174 valence electrons. The number of anilines is 5. The molecule has 4 heteroatoms. The number of halogens is 1. The van der Waals surface area contributed by atoms with Gasteiger partial charge in [0.25, 0.3) is 0 Å². The van der Waals surface area contributed by atoms with Crippen LogP contribution in [0.25, 0.3) is 11.1 Å². The van der Waals surface area contributed by atoms with Crippen molar-refractivity contribution in [3.63, 3.8) is 0 Å². The fourth-order valence-corrected chi connectivity index (χ4v) is 5.23. The number of fused-ring (bicyclic) bond motifs is 1. The van der Waals surface area contributed by atoms with Crippen molar-refractivity contribution in [1.29, 1.82) is 0 Å². The van der Waals surface area contributed by atoms with E-state index >= 15 is 0 Å². The van der Waals surface area contributed by atoms with Gasteiger partial charge in [0.1, 0.15) is 5.82 Å². The van der Waals surface area contributed by atoms with Crippen molar-refractivity contribution in [2.45, 2.75) is 4.90 Å². The highest BCUT2D eigenvalue weighted by atomic mass is 32.2. The lowest BCUT2D eigenvalue weighted by Gasteiger charge is -2.26. The Morgan fingerprint density at radius 2 is 1.11 bits per heavy atom. The number of para-hydroxylation sites is 2. The molecule has 0 aromatic heterocycles. The zero-order chi connectivity index (χ0) is 24.3. The SMILES string of the molecule is Fc1ccc(N(c2ccccc2)c2ccc(-c3ccc(N4C=CSc5ccccc54)cc3)cc2)cc1. The second-order valence-corrected chi connectivity index (χ2v) is 9.43. The van der Waals surface area contributed by atoms with Crippen molar-refractivity contribution in [1.82, 2.24) is 0 Å². The second kappa shape index (κ2) is 9.76. The van der Waals surface area contributed by atoms with Crippen LogP contribution in [0.2, 0.25) is 0 Å². The van der Waals surface area contributed by atoms with Gasteiger partial charge >= 0.3 is 0 Å². The third kappa shape index (κ3) is 4.39. The molecule has 1 aliphatic heterocycles. The molecule has 0 aliphatic carbocycles. The largest absolute Gasteiger partial charge is 0.316 e. The average Bonchev–Trinajstić information content (AvgIpc) is 2.95. The van der Waals surface area contributed by atoms with Gasteiger partial charge < -0.3 is 9.80 Å². The van der Waals surface area contributed by atoms with Crippen molar-refractivity contribution in [2.75, 3.05) is 9.80 Å². The van der Waals surface area contributed by atoms with Crippen molar-refractivity contribution < 1.29 is 4.39 Å². The molecule has 0 unspecified atom stereocenters. The molecule has 0 saturated carbocycles. The average molecular weight is 487 g/mol. The molecular weight excluding hydrogens is 463 g/mol. The fraction of sp³-hybridized carbons (Fsp3) is 0. The Bertz CT molecular complexity index is 1500. The van der Waals surface area contributed by atoms with Crippen molar-refractivity contribution in [3.8, 4) is 11.1 Å². The Hall–Kier alpha value is -4.28. The van der Waals surface area contributed by atoms with Crippen LogP contribution in [-0.4, -0.2) is 0 Å². The molecule has 36 heavy (non-hydrogen) atoms. The Balaban J connectivity index is 1.29. The van der Waals surface area contributed by atoms with E-state index in [9.17, 15) is 4.39 Å². The molecule has 0 atom stereocenters. The Kier molecular flexibility index (Phi) is 6.02. The molecule has 1 heterocycles. The van der Waals surface area contributed by atoms with E-state index in [0.29, 0.717) is 0 Å². The summed E-state index contributed by atoms with van der Waals surface area (Å²) in [5, 5.41) is 2.12. The van der Waals surface area contributed by atoms with Crippen LogP contribution < -0.4 is 9.80 Å². The predicted octanol–water partition coefficient (Wildman–Crippen LogP) is 9.68. The molecule has 2 nitrogen and oxygen atoms in total. The lowest BCUT2D eigenvalue weighted by molar-refractivity contribution is 0.628. The fourth-order valence-electron chi connectivity index (χ4n) is 4.46. The predicted molar refractivity (Wildman–Crippen MR) is 150 cm³/mol. The van der Waals surface area contributed by atoms with E-state index < -0.39 is 0 Å². The van der Waals surface area contributed by atoms with Crippen LogP contribution in [0.5, 0.6) is 0 Å². The molecule has 0 N–H and O–H groups in total. The highest BCUT2D eigenvalue weighted by molar-refractivity contribution is 8.02. The first-order valence-corrected chi connectivity index (χ1v) is 12.7. The standard InChI is InChI=1S/C32H23FN2S/c33-26-14-20-30(21-15-26)35(28-6-2-1-3-7-28)29-18-12-25(13-19-29)24-10-16-27(17-11-24)34-22-23-36-32-9-5-4-8-31(32)34/h1-23H. The Morgan fingerprint density at radius 3 is 1.81 bits per heavy atom. The van der Waals surface area contributed by atoms with Crippen LogP contribution >= 0.6 is 11.8 Å². The van der Waals surface area contributed by atoms with Crippen molar-refractivity contribution in [2.24, 2.45) is 0 Å². The molecule has 5 aromatic carbocycles. The molecule has 6 rings (SSSR count). The zero-order valence-electron chi connectivity index (χ0n) is 19.5. The summed E-state index contributed by atoms with van der Waals surface area (Å²) < 4.78 is 13.6. The molecule has 0 bridgehead atoms. The topological polar surface area (TPSA) is 6.48 Å². The Labute approximate surface area is 215 Å². The first-order chi connectivity index (χ1) is 17.8. The summed E-state index contributed by atoms with van der Waals surface area (Å²) in [5.74, 6) is -0.243. The van der Waals surface area contributed by atoms with Gasteiger partial charge in [-0.05, 0) is 89.3 Å². The lowest BCUT2D eigenvalue weighted by atomic mass is 10.0. The van der Waals surface area contributed by atoms with Gasteiger partial charge in [0.15, 0.2) is 0 Å². The minimum Gasteiger partial charge on any atom is -0.316 e. The van der Waals surface area contributed by atoms with E-state index in [0.717, 1.165) is 33.9 Å². The number of benzene rings is 5. The Morgan fingerprint density at radius 1 is 0.556 bits per heavy atom. The third-order valence-electron chi connectivity index (χ3n) is 6.23. The van der Waals surface area contributed by atoms with Crippen LogP contribution in [0.4, 0.5) is 32.8 Å². The van der Waals surface area contributed by atoms with E-state index in [4.69, 9.17) is 0 Å². The minimum absolute atomic E-state index is 0.243. The number of hydrogen-bond acceptors (Lipinski definition) is 3. The molecule has 1 aliphatic rings. The first kappa shape index (κ1) is 22.2. The van der Waals surface area contributed by atoms with E-state index in [1.807, 2.05) is 18.2 Å². The zero-order valence-corrected chi connectivity index (χ0v) is 20.3. The maximum atomic E-state index is 13.6. The second-order valence-electron chi connectivity index (χ2n) is 8.48. The quantitative estimate of drug-likeness (QED) is 0.244. The van der Waals surface area contributed by atoms with Crippen molar-refractivity contribution in [3.05, 3.63) is 145 Å². The van der Waals surface area contributed by atoms with Gasteiger partial charge in [0.2, 0.25) is 0 Å². The van der Waals surface area contributed by atoms with Crippen LogP contribution in [0.1, 0.15) is 0 Å². The monoisotopic (exact) mass is 486 g/mol. The van der Waals surface area contributed by atoms with Gasteiger partial charge in [-0.3, -0.25) is 0 Å². The molecule has 0 spiro atoms. The van der Waals surface area contributed by atoms with Crippen molar-refractivity contribution >= 4 is 40.2 Å². The summed E-state index contributed by atoms with van der Waals surface area (Å²) >= 11 is 1.74. The highest BCUT2D eigenvalue weighted by Crippen LogP contribution is 2.40. The molecule has 0 saturated heterocycles. The lowest BCUT2D eigenvalue weighted by Crippen LogP contribution is -2.11. The summed E-state index contributed by atoms with van der Waals surface area (Å²) in [6.45, 7) is 0. The van der Waals surface area contributed by atoms with Gasteiger partial charge in [-0.25, -0.2) is 4.39 Å². The van der Waals surface area contributed by atoms with Crippen LogP contribution in [-0.2, 0) is 0 Å². The van der Waals surface area contributed by atoms with E-state index in [2.05, 4.69) is 106 Å². The number of rotatable bonds is 5. The summed E-state index contributed by atoms with van der Waals surface area (Å²) in [6, 6.07) is 42.3. The maximum absolute atomic E-state index is 13.6. The third-order valence-corrected chi connectivity index (χ3v) is 7.09. The number of hydrogen-bond donors (Lipinski definition) is 0.